The SMILES string of the molecule is [CH2][C]1N(C)c2ncccc2N1c1c(C)ccc2c1oc1ccccc12. The van der Waals surface area contributed by atoms with Crippen LogP contribution in [0.15, 0.2) is 59.1 Å². The molecule has 0 N–H and O–H groups in total. The fraction of sp³-hybridized carbons (Fsp3) is 0.0952. The van der Waals surface area contributed by atoms with Gasteiger partial charge in [-0.1, -0.05) is 30.3 Å². The zero-order valence-electron chi connectivity index (χ0n) is 14.2. The Morgan fingerprint density at radius 1 is 1.00 bits per heavy atom. The summed E-state index contributed by atoms with van der Waals surface area (Å²) >= 11 is 0. The Hall–Kier alpha value is -3.01. The van der Waals surface area contributed by atoms with Gasteiger partial charge in [-0.25, -0.2) is 4.98 Å². The maximum atomic E-state index is 6.25. The van der Waals surface area contributed by atoms with Crippen LogP contribution in [0.3, 0.4) is 0 Å². The average Bonchev–Trinajstić information content (AvgIpc) is 3.12. The molecule has 0 amide bonds. The van der Waals surface area contributed by atoms with Crippen LogP contribution in [0.25, 0.3) is 21.9 Å². The number of nitrogens with zero attached hydrogens (tertiary/aromatic N) is 3. The van der Waals surface area contributed by atoms with Crippen molar-refractivity contribution in [3.05, 3.63) is 73.4 Å². The van der Waals surface area contributed by atoms with E-state index in [9.17, 15) is 0 Å². The molecule has 1 aliphatic rings. The zero-order chi connectivity index (χ0) is 17.1. The van der Waals surface area contributed by atoms with Gasteiger partial charge in [0, 0.05) is 24.0 Å². The molecule has 0 fully saturated rings. The van der Waals surface area contributed by atoms with Crippen molar-refractivity contribution >= 4 is 39.1 Å². The highest BCUT2D eigenvalue weighted by atomic mass is 16.3. The van der Waals surface area contributed by atoms with Gasteiger partial charge in [0.1, 0.15) is 5.58 Å². The van der Waals surface area contributed by atoms with E-state index in [4.69, 9.17) is 4.42 Å². The summed E-state index contributed by atoms with van der Waals surface area (Å²) in [6.07, 6.45) is 2.67. The number of para-hydroxylation sites is 1. The summed E-state index contributed by atoms with van der Waals surface area (Å²) < 4.78 is 6.25. The minimum atomic E-state index is 0.866. The molecule has 2 aromatic heterocycles. The molecule has 2 aromatic carbocycles. The maximum Gasteiger partial charge on any atom is 0.162 e. The van der Waals surface area contributed by atoms with Crippen LogP contribution in [0.4, 0.5) is 17.2 Å². The lowest BCUT2D eigenvalue weighted by atomic mass is 10.1. The van der Waals surface area contributed by atoms with E-state index in [-0.39, 0.29) is 0 Å². The van der Waals surface area contributed by atoms with Crippen LogP contribution >= 0.6 is 0 Å². The van der Waals surface area contributed by atoms with Gasteiger partial charge in [-0.2, -0.15) is 0 Å². The van der Waals surface area contributed by atoms with Gasteiger partial charge in [-0.05, 0) is 37.6 Å². The Morgan fingerprint density at radius 3 is 2.72 bits per heavy atom. The van der Waals surface area contributed by atoms with Gasteiger partial charge < -0.3 is 14.2 Å². The molecule has 0 saturated heterocycles. The Labute approximate surface area is 146 Å². The molecule has 0 bridgehead atoms. The number of rotatable bonds is 1. The van der Waals surface area contributed by atoms with Crippen molar-refractivity contribution in [3.63, 3.8) is 0 Å². The Bertz CT molecular complexity index is 1110. The second-order valence-electron chi connectivity index (χ2n) is 6.36. The van der Waals surface area contributed by atoms with E-state index in [1.165, 1.54) is 0 Å². The number of hydrogen-bond donors (Lipinski definition) is 0. The van der Waals surface area contributed by atoms with E-state index in [1.807, 2.05) is 36.2 Å². The minimum absolute atomic E-state index is 0.866. The highest BCUT2D eigenvalue weighted by Crippen LogP contribution is 2.49. The van der Waals surface area contributed by atoms with Crippen LogP contribution < -0.4 is 9.80 Å². The number of benzene rings is 2. The van der Waals surface area contributed by atoms with E-state index < -0.39 is 0 Å². The monoisotopic (exact) mass is 327 g/mol. The molecule has 3 heterocycles. The summed E-state index contributed by atoms with van der Waals surface area (Å²) in [6.45, 7) is 6.38. The van der Waals surface area contributed by atoms with Crippen molar-refractivity contribution < 1.29 is 4.42 Å². The molecule has 0 unspecified atom stereocenters. The summed E-state index contributed by atoms with van der Waals surface area (Å²) in [7, 11) is 1.99. The smallest absolute Gasteiger partial charge is 0.162 e. The van der Waals surface area contributed by atoms with Crippen LogP contribution in [0.5, 0.6) is 0 Å². The number of aromatic nitrogens is 1. The number of furan rings is 1. The molecule has 5 rings (SSSR count). The largest absolute Gasteiger partial charge is 0.454 e. The summed E-state index contributed by atoms with van der Waals surface area (Å²) in [4.78, 5) is 8.66. The number of pyridine rings is 1. The van der Waals surface area contributed by atoms with Crippen molar-refractivity contribution in [1.82, 2.24) is 4.98 Å². The number of hydrogen-bond acceptors (Lipinski definition) is 4. The van der Waals surface area contributed by atoms with E-state index in [2.05, 4.69) is 48.0 Å². The third kappa shape index (κ3) is 1.85. The first-order valence-electron chi connectivity index (χ1n) is 8.25. The molecule has 4 aromatic rings. The normalized spacial score (nSPS) is 14.7. The first-order valence-corrected chi connectivity index (χ1v) is 8.25. The molecule has 4 heteroatoms. The number of anilines is 3. The average molecular weight is 327 g/mol. The molecule has 25 heavy (non-hydrogen) atoms. The number of aryl methyl sites for hydroxylation is 1. The van der Waals surface area contributed by atoms with Gasteiger partial charge in [0.2, 0.25) is 0 Å². The maximum absolute atomic E-state index is 6.25. The van der Waals surface area contributed by atoms with Gasteiger partial charge in [-0.3, -0.25) is 0 Å². The predicted octanol–water partition coefficient (Wildman–Crippen LogP) is 5.20. The Morgan fingerprint density at radius 2 is 1.84 bits per heavy atom. The van der Waals surface area contributed by atoms with Gasteiger partial charge in [0.05, 0.1) is 11.4 Å². The standard InChI is InChI=1S/C21H17N3O/c1-13-10-11-16-15-7-4-5-9-18(15)25-20(16)19(13)24-14(2)23(3)21-17(24)8-6-12-22-21/h4-12H,2H2,1,3H3. The van der Waals surface area contributed by atoms with Gasteiger partial charge in [-0.15, -0.1) is 0 Å². The third-order valence-electron chi connectivity index (χ3n) is 4.92. The van der Waals surface area contributed by atoms with E-state index >= 15 is 0 Å². The molecule has 1 aliphatic heterocycles. The van der Waals surface area contributed by atoms with Crippen LogP contribution in [-0.2, 0) is 0 Å². The zero-order valence-corrected chi connectivity index (χ0v) is 14.2. The van der Waals surface area contributed by atoms with Crippen LogP contribution in [0.1, 0.15) is 5.56 Å². The molecule has 0 saturated carbocycles. The van der Waals surface area contributed by atoms with Crippen molar-refractivity contribution in [2.45, 2.75) is 6.92 Å². The summed E-state index contributed by atoms with van der Waals surface area (Å²) in [5.74, 6) is 0.903. The van der Waals surface area contributed by atoms with E-state index in [1.54, 1.807) is 6.20 Å². The summed E-state index contributed by atoms with van der Waals surface area (Å²) in [6, 6.07) is 16.4. The Kier molecular flexibility index (Phi) is 2.86. The summed E-state index contributed by atoms with van der Waals surface area (Å²) in [5.41, 5.74) is 4.96. The molecule has 122 valence electrons. The van der Waals surface area contributed by atoms with Crippen molar-refractivity contribution in [1.29, 1.82) is 0 Å². The molecule has 2 radical (unpaired) electrons. The molecule has 4 nitrogen and oxygen atoms in total. The van der Waals surface area contributed by atoms with Gasteiger partial charge >= 0.3 is 0 Å². The van der Waals surface area contributed by atoms with Crippen molar-refractivity contribution in [3.8, 4) is 0 Å². The van der Waals surface area contributed by atoms with E-state index in [0.717, 1.165) is 50.9 Å². The van der Waals surface area contributed by atoms with Crippen molar-refractivity contribution in [2.75, 3.05) is 16.8 Å². The molecular weight excluding hydrogens is 310 g/mol. The van der Waals surface area contributed by atoms with Crippen LogP contribution in [0, 0.1) is 20.0 Å². The first-order chi connectivity index (χ1) is 12.2. The molecule has 0 atom stereocenters. The van der Waals surface area contributed by atoms with Crippen LogP contribution in [0.2, 0.25) is 0 Å². The number of fused-ring (bicyclic) bond motifs is 4. The lowest BCUT2D eigenvalue weighted by molar-refractivity contribution is 0.667. The lowest BCUT2D eigenvalue weighted by Crippen LogP contribution is -2.28. The predicted molar refractivity (Wildman–Crippen MR) is 102 cm³/mol. The van der Waals surface area contributed by atoms with Gasteiger partial charge in [0.25, 0.3) is 0 Å². The first kappa shape index (κ1) is 14.3. The van der Waals surface area contributed by atoms with Crippen LogP contribution in [-0.4, -0.2) is 12.0 Å². The highest BCUT2D eigenvalue weighted by Gasteiger charge is 2.36. The summed E-state index contributed by atoms with van der Waals surface area (Å²) in [5, 5.41) is 2.24. The lowest BCUT2D eigenvalue weighted by Gasteiger charge is -2.27. The minimum Gasteiger partial charge on any atom is -0.454 e. The second-order valence-corrected chi connectivity index (χ2v) is 6.36. The Balaban J connectivity index is 1.85. The third-order valence-corrected chi connectivity index (χ3v) is 4.92. The quantitative estimate of drug-likeness (QED) is 0.481. The molecule has 0 aliphatic carbocycles. The molecular formula is C21H17N3O. The van der Waals surface area contributed by atoms with Gasteiger partial charge in [0.15, 0.2) is 17.6 Å². The van der Waals surface area contributed by atoms with Crippen molar-refractivity contribution in [2.24, 2.45) is 0 Å². The molecule has 0 spiro atoms. The highest BCUT2D eigenvalue weighted by molar-refractivity contribution is 6.11. The van der Waals surface area contributed by atoms with E-state index in [0.29, 0.717) is 0 Å². The fourth-order valence-corrected chi connectivity index (χ4v) is 3.63. The fourth-order valence-electron chi connectivity index (χ4n) is 3.63. The second kappa shape index (κ2) is 4.99. The topological polar surface area (TPSA) is 32.5 Å².